The molecule has 100 valence electrons. The fourth-order valence-electron chi connectivity index (χ4n) is 2.29. The van der Waals surface area contributed by atoms with E-state index in [4.69, 9.17) is 5.73 Å². The molecule has 1 unspecified atom stereocenters. The van der Waals surface area contributed by atoms with Crippen LogP contribution in [-0.2, 0) is 11.2 Å². The van der Waals surface area contributed by atoms with Crippen molar-refractivity contribution in [3.8, 4) is 0 Å². The van der Waals surface area contributed by atoms with Crippen LogP contribution in [0.4, 0.5) is 0 Å². The number of Topliss-reactive ketones (excluding diaryl/α,β-unsaturated/α-hetero) is 1. The highest BCUT2D eigenvalue weighted by molar-refractivity contribution is 5.86. The van der Waals surface area contributed by atoms with Gasteiger partial charge in [-0.2, -0.15) is 0 Å². The summed E-state index contributed by atoms with van der Waals surface area (Å²) < 4.78 is 0. The summed E-state index contributed by atoms with van der Waals surface area (Å²) in [6, 6.07) is 14.1. The Kier molecular flexibility index (Phi) is 4.33. The van der Waals surface area contributed by atoms with Gasteiger partial charge in [-0.05, 0) is 29.2 Å². The average molecular weight is 255 g/mol. The average Bonchev–Trinajstić information content (AvgIpc) is 2.45. The van der Waals surface area contributed by atoms with Crippen molar-refractivity contribution in [2.24, 2.45) is 11.7 Å². The standard InChI is InChI=1S/C17H21NO/c1-3-12(2)17(19)16(18)11-13-8-9-14-6-4-5-7-15(14)10-13/h4-10,12,16H,3,11,18H2,1-2H3/t12?,16-/m0/s1. The maximum atomic E-state index is 12.0. The van der Waals surface area contributed by atoms with Gasteiger partial charge >= 0.3 is 0 Å². The van der Waals surface area contributed by atoms with Gasteiger partial charge in [0.15, 0.2) is 5.78 Å². The lowest BCUT2D eigenvalue weighted by Crippen LogP contribution is -2.36. The van der Waals surface area contributed by atoms with Gasteiger partial charge in [0.05, 0.1) is 6.04 Å². The Morgan fingerprint density at radius 3 is 2.53 bits per heavy atom. The predicted octanol–water partition coefficient (Wildman–Crippen LogP) is 3.32. The quantitative estimate of drug-likeness (QED) is 0.890. The Bertz CT molecular complexity index is 576. The van der Waals surface area contributed by atoms with Gasteiger partial charge in [0.1, 0.15) is 0 Å². The fourth-order valence-corrected chi connectivity index (χ4v) is 2.29. The molecule has 0 aliphatic heterocycles. The van der Waals surface area contributed by atoms with Gasteiger partial charge in [0.2, 0.25) is 0 Å². The van der Waals surface area contributed by atoms with E-state index in [0.29, 0.717) is 6.42 Å². The van der Waals surface area contributed by atoms with Crippen LogP contribution < -0.4 is 5.73 Å². The third-order valence-corrected chi connectivity index (χ3v) is 3.73. The molecule has 2 rings (SSSR count). The summed E-state index contributed by atoms with van der Waals surface area (Å²) in [7, 11) is 0. The second-order valence-corrected chi connectivity index (χ2v) is 5.20. The summed E-state index contributed by atoms with van der Waals surface area (Å²) in [6.45, 7) is 3.97. The number of benzene rings is 2. The molecule has 2 aromatic rings. The van der Waals surface area contributed by atoms with Gasteiger partial charge in [0, 0.05) is 5.92 Å². The topological polar surface area (TPSA) is 43.1 Å². The Hall–Kier alpha value is -1.67. The molecule has 2 atom stereocenters. The molecular formula is C17H21NO. The normalized spacial score (nSPS) is 14.3. The molecule has 0 fully saturated rings. The number of ketones is 1. The zero-order chi connectivity index (χ0) is 13.8. The summed E-state index contributed by atoms with van der Waals surface area (Å²) >= 11 is 0. The zero-order valence-corrected chi connectivity index (χ0v) is 11.6. The van der Waals surface area contributed by atoms with Gasteiger partial charge in [-0.3, -0.25) is 4.79 Å². The van der Waals surface area contributed by atoms with Crippen molar-refractivity contribution in [2.45, 2.75) is 32.7 Å². The minimum atomic E-state index is -0.392. The van der Waals surface area contributed by atoms with Gasteiger partial charge in [-0.1, -0.05) is 56.3 Å². The summed E-state index contributed by atoms with van der Waals surface area (Å²) in [5.41, 5.74) is 7.15. The molecule has 0 spiro atoms. The predicted molar refractivity (Wildman–Crippen MR) is 80.1 cm³/mol. The first-order chi connectivity index (χ1) is 9.11. The molecule has 0 aliphatic rings. The summed E-state index contributed by atoms with van der Waals surface area (Å²) in [4.78, 5) is 12.0. The number of nitrogens with two attached hydrogens (primary N) is 1. The van der Waals surface area contributed by atoms with E-state index in [-0.39, 0.29) is 11.7 Å². The van der Waals surface area contributed by atoms with Crippen LogP contribution in [0.25, 0.3) is 10.8 Å². The largest absolute Gasteiger partial charge is 0.321 e. The molecule has 2 aromatic carbocycles. The van der Waals surface area contributed by atoms with Crippen LogP contribution in [0.5, 0.6) is 0 Å². The summed E-state index contributed by atoms with van der Waals surface area (Å²) in [6.07, 6.45) is 1.47. The number of carbonyl (C=O) groups excluding carboxylic acids is 1. The molecule has 0 aliphatic carbocycles. The molecular weight excluding hydrogens is 234 g/mol. The Morgan fingerprint density at radius 1 is 1.16 bits per heavy atom. The first-order valence-corrected chi connectivity index (χ1v) is 6.88. The van der Waals surface area contributed by atoms with E-state index in [2.05, 4.69) is 30.3 Å². The number of rotatable bonds is 5. The van der Waals surface area contributed by atoms with Crippen LogP contribution in [-0.4, -0.2) is 11.8 Å². The lowest BCUT2D eigenvalue weighted by Gasteiger charge is -2.15. The van der Waals surface area contributed by atoms with Crippen LogP contribution in [0, 0.1) is 5.92 Å². The summed E-state index contributed by atoms with van der Waals surface area (Å²) in [5, 5.41) is 2.41. The number of hydrogen-bond acceptors (Lipinski definition) is 2. The van der Waals surface area contributed by atoms with Gasteiger partial charge in [-0.15, -0.1) is 0 Å². The van der Waals surface area contributed by atoms with Crippen molar-refractivity contribution >= 4 is 16.6 Å². The molecule has 0 bridgehead atoms. The van der Waals surface area contributed by atoms with Crippen molar-refractivity contribution in [3.63, 3.8) is 0 Å². The molecule has 19 heavy (non-hydrogen) atoms. The van der Waals surface area contributed by atoms with Crippen molar-refractivity contribution in [1.82, 2.24) is 0 Å². The smallest absolute Gasteiger partial charge is 0.152 e. The van der Waals surface area contributed by atoms with Crippen LogP contribution >= 0.6 is 0 Å². The molecule has 0 saturated carbocycles. The Labute approximate surface area is 114 Å². The minimum absolute atomic E-state index is 0.0513. The molecule has 2 N–H and O–H groups in total. The monoisotopic (exact) mass is 255 g/mol. The number of hydrogen-bond donors (Lipinski definition) is 1. The molecule has 2 heteroatoms. The highest BCUT2D eigenvalue weighted by Crippen LogP contribution is 2.17. The molecule has 0 radical (unpaired) electrons. The van der Waals surface area contributed by atoms with E-state index < -0.39 is 6.04 Å². The minimum Gasteiger partial charge on any atom is -0.321 e. The fraction of sp³-hybridized carbons (Fsp3) is 0.353. The molecule has 2 nitrogen and oxygen atoms in total. The van der Waals surface area contributed by atoms with E-state index in [1.807, 2.05) is 26.0 Å². The van der Waals surface area contributed by atoms with Crippen molar-refractivity contribution in [3.05, 3.63) is 48.0 Å². The Morgan fingerprint density at radius 2 is 1.84 bits per heavy atom. The first-order valence-electron chi connectivity index (χ1n) is 6.88. The van der Waals surface area contributed by atoms with E-state index >= 15 is 0 Å². The summed E-state index contributed by atoms with van der Waals surface area (Å²) in [5.74, 6) is 0.214. The lowest BCUT2D eigenvalue weighted by molar-refractivity contribution is -0.123. The van der Waals surface area contributed by atoms with Gasteiger partial charge in [-0.25, -0.2) is 0 Å². The van der Waals surface area contributed by atoms with Crippen LogP contribution in [0.1, 0.15) is 25.8 Å². The van der Waals surface area contributed by atoms with Crippen LogP contribution in [0.15, 0.2) is 42.5 Å². The third kappa shape index (κ3) is 3.21. The number of carbonyl (C=O) groups is 1. The Balaban J connectivity index is 2.15. The second kappa shape index (κ2) is 5.98. The molecule has 0 heterocycles. The third-order valence-electron chi connectivity index (χ3n) is 3.73. The molecule has 0 amide bonds. The second-order valence-electron chi connectivity index (χ2n) is 5.20. The van der Waals surface area contributed by atoms with Crippen LogP contribution in [0.2, 0.25) is 0 Å². The highest BCUT2D eigenvalue weighted by atomic mass is 16.1. The van der Waals surface area contributed by atoms with E-state index in [9.17, 15) is 4.79 Å². The lowest BCUT2D eigenvalue weighted by atomic mass is 9.93. The van der Waals surface area contributed by atoms with Gasteiger partial charge < -0.3 is 5.73 Å². The van der Waals surface area contributed by atoms with Crippen LogP contribution in [0.3, 0.4) is 0 Å². The van der Waals surface area contributed by atoms with Crippen molar-refractivity contribution in [1.29, 1.82) is 0 Å². The highest BCUT2D eigenvalue weighted by Gasteiger charge is 2.19. The first kappa shape index (κ1) is 13.8. The van der Waals surface area contributed by atoms with E-state index in [0.717, 1.165) is 12.0 Å². The van der Waals surface area contributed by atoms with E-state index in [1.165, 1.54) is 10.8 Å². The maximum Gasteiger partial charge on any atom is 0.152 e. The van der Waals surface area contributed by atoms with E-state index in [1.54, 1.807) is 0 Å². The van der Waals surface area contributed by atoms with Gasteiger partial charge in [0.25, 0.3) is 0 Å². The molecule has 0 aromatic heterocycles. The molecule has 0 saturated heterocycles. The van der Waals surface area contributed by atoms with Crippen molar-refractivity contribution in [2.75, 3.05) is 0 Å². The SMILES string of the molecule is CCC(C)C(=O)[C@@H](N)Cc1ccc2ccccc2c1. The van der Waals surface area contributed by atoms with Crippen molar-refractivity contribution < 1.29 is 4.79 Å². The maximum absolute atomic E-state index is 12.0. The zero-order valence-electron chi connectivity index (χ0n) is 11.6. The number of fused-ring (bicyclic) bond motifs is 1.